The van der Waals surface area contributed by atoms with Gasteiger partial charge in [-0.2, -0.15) is 0 Å². The van der Waals surface area contributed by atoms with E-state index in [9.17, 15) is 4.79 Å². The summed E-state index contributed by atoms with van der Waals surface area (Å²) in [6.45, 7) is 14.3. The highest BCUT2D eigenvalue weighted by Gasteiger charge is 2.36. The van der Waals surface area contributed by atoms with Gasteiger partial charge in [-0.05, 0) is 47.2 Å². The number of hydrogen-bond acceptors (Lipinski definition) is 5. The highest BCUT2D eigenvalue weighted by atomic mass is 16.5. The van der Waals surface area contributed by atoms with Crippen LogP contribution < -0.4 is 5.32 Å². The predicted molar refractivity (Wildman–Crippen MR) is 86.5 cm³/mol. The number of ether oxygens (including phenoxy) is 1. The second-order valence-electron chi connectivity index (χ2n) is 6.23. The van der Waals surface area contributed by atoms with Crippen LogP contribution in [0.15, 0.2) is 0 Å². The molecule has 0 aromatic carbocycles. The molecule has 1 saturated heterocycles. The Hall–Kier alpha value is -0.650. The van der Waals surface area contributed by atoms with Crippen LogP contribution in [0.1, 0.15) is 40.5 Å². The van der Waals surface area contributed by atoms with E-state index in [2.05, 4.69) is 29.0 Å². The maximum atomic E-state index is 12.1. The minimum Gasteiger partial charge on any atom is -0.465 e. The standard InChI is InChI=1S/C16H33N3O2/c1-6-8-18-9-11-19(12-10-18)14(3)13-16(4,17-5)15(20)21-7-2/h14,17H,6-13H2,1-5H3. The molecule has 1 N–H and O–H groups in total. The molecule has 0 aromatic rings. The van der Waals surface area contributed by atoms with E-state index in [1.54, 1.807) is 0 Å². The molecule has 1 fully saturated rings. The molecule has 0 radical (unpaired) electrons. The van der Waals surface area contributed by atoms with Crippen molar-refractivity contribution in [3.05, 3.63) is 0 Å². The van der Waals surface area contributed by atoms with E-state index < -0.39 is 5.54 Å². The predicted octanol–water partition coefficient (Wildman–Crippen LogP) is 1.33. The minimum atomic E-state index is -0.601. The highest BCUT2D eigenvalue weighted by molar-refractivity contribution is 5.80. The number of nitrogens with zero attached hydrogens (tertiary/aromatic N) is 2. The first-order valence-corrected chi connectivity index (χ1v) is 8.29. The third-order valence-corrected chi connectivity index (χ3v) is 4.55. The fraction of sp³-hybridized carbons (Fsp3) is 0.938. The monoisotopic (exact) mass is 299 g/mol. The molecular weight excluding hydrogens is 266 g/mol. The van der Waals surface area contributed by atoms with Crippen LogP contribution in [0.25, 0.3) is 0 Å². The van der Waals surface area contributed by atoms with Gasteiger partial charge in [-0.15, -0.1) is 0 Å². The van der Waals surface area contributed by atoms with Crippen molar-refractivity contribution in [2.24, 2.45) is 0 Å². The Bertz CT molecular complexity index is 317. The van der Waals surface area contributed by atoms with Gasteiger partial charge >= 0.3 is 5.97 Å². The van der Waals surface area contributed by atoms with Gasteiger partial charge in [-0.25, -0.2) is 0 Å². The van der Waals surface area contributed by atoms with Crippen LogP contribution >= 0.6 is 0 Å². The zero-order valence-corrected chi connectivity index (χ0v) is 14.4. The van der Waals surface area contributed by atoms with Crippen molar-refractivity contribution in [1.82, 2.24) is 15.1 Å². The molecule has 0 aromatic heterocycles. The van der Waals surface area contributed by atoms with E-state index in [0.29, 0.717) is 12.6 Å². The zero-order valence-electron chi connectivity index (χ0n) is 14.4. The van der Waals surface area contributed by atoms with Crippen LogP contribution in [-0.2, 0) is 9.53 Å². The summed E-state index contributed by atoms with van der Waals surface area (Å²) in [7, 11) is 1.84. The maximum Gasteiger partial charge on any atom is 0.326 e. The van der Waals surface area contributed by atoms with E-state index in [-0.39, 0.29) is 5.97 Å². The lowest BCUT2D eigenvalue weighted by molar-refractivity contribution is -0.151. The zero-order chi connectivity index (χ0) is 15.9. The number of hydrogen-bond donors (Lipinski definition) is 1. The van der Waals surface area contributed by atoms with Crippen molar-refractivity contribution in [1.29, 1.82) is 0 Å². The quantitative estimate of drug-likeness (QED) is 0.685. The summed E-state index contributed by atoms with van der Waals surface area (Å²) < 4.78 is 5.21. The lowest BCUT2D eigenvalue weighted by atomic mass is 9.92. The summed E-state index contributed by atoms with van der Waals surface area (Å²) in [6, 6.07) is 0.371. The van der Waals surface area contributed by atoms with Crippen molar-refractivity contribution in [3.63, 3.8) is 0 Å². The summed E-state index contributed by atoms with van der Waals surface area (Å²) in [5.41, 5.74) is -0.601. The number of likely N-dealkylation sites (N-methyl/N-ethyl adjacent to an activating group) is 1. The Morgan fingerprint density at radius 1 is 1.29 bits per heavy atom. The molecule has 21 heavy (non-hydrogen) atoms. The summed E-state index contributed by atoms with van der Waals surface area (Å²) in [4.78, 5) is 17.1. The Balaban J connectivity index is 2.51. The lowest BCUT2D eigenvalue weighted by Crippen LogP contribution is -2.55. The molecular formula is C16H33N3O2. The Kier molecular flexibility index (Phi) is 7.63. The first-order valence-electron chi connectivity index (χ1n) is 8.29. The number of nitrogens with one attached hydrogen (secondary N) is 1. The largest absolute Gasteiger partial charge is 0.465 e. The third-order valence-electron chi connectivity index (χ3n) is 4.55. The van der Waals surface area contributed by atoms with Crippen molar-refractivity contribution in [2.75, 3.05) is 46.4 Å². The van der Waals surface area contributed by atoms with Gasteiger partial charge < -0.3 is 15.0 Å². The number of carbonyl (C=O) groups excluding carboxylic acids is 1. The molecule has 2 unspecified atom stereocenters. The average Bonchev–Trinajstić information content (AvgIpc) is 2.48. The number of rotatable bonds is 8. The molecule has 0 saturated carbocycles. The first kappa shape index (κ1) is 18.4. The van der Waals surface area contributed by atoms with Crippen LogP contribution in [0.5, 0.6) is 0 Å². The second-order valence-corrected chi connectivity index (χ2v) is 6.23. The summed E-state index contributed by atoms with van der Waals surface area (Å²) in [6.07, 6.45) is 1.99. The van der Waals surface area contributed by atoms with Crippen molar-refractivity contribution in [2.45, 2.75) is 52.1 Å². The van der Waals surface area contributed by atoms with E-state index in [0.717, 1.165) is 32.6 Å². The van der Waals surface area contributed by atoms with Crippen molar-refractivity contribution < 1.29 is 9.53 Å². The Morgan fingerprint density at radius 3 is 2.38 bits per heavy atom. The molecule has 1 rings (SSSR count). The van der Waals surface area contributed by atoms with Crippen LogP contribution in [-0.4, -0.2) is 73.7 Å². The van der Waals surface area contributed by atoms with E-state index in [1.165, 1.54) is 13.0 Å². The Labute approximate surface area is 130 Å². The molecule has 5 nitrogen and oxygen atoms in total. The topological polar surface area (TPSA) is 44.8 Å². The molecule has 0 aliphatic carbocycles. The first-order chi connectivity index (χ1) is 9.96. The molecule has 2 atom stereocenters. The Morgan fingerprint density at radius 2 is 1.90 bits per heavy atom. The van der Waals surface area contributed by atoms with Gasteiger partial charge in [0.2, 0.25) is 0 Å². The third kappa shape index (κ3) is 5.24. The van der Waals surface area contributed by atoms with Gasteiger partial charge in [-0.3, -0.25) is 9.69 Å². The lowest BCUT2D eigenvalue weighted by Gasteiger charge is -2.40. The van der Waals surface area contributed by atoms with Gasteiger partial charge in [0.15, 0.2) is 0 Å². The molecule has 0 spiro atoms. The van der Waals surface area contributed by atoms with Gasteiger partial charge in [0.1, 0.15) is 5.54 Å². The molecule has 5 heteroatoms. The van der Waals surface area contributed by atoms with Gasteiger partial charge in [0.05, 0.1) is 6.61 Å². The molecule has 0 bridgehead atoms. The fourth-order valence-corrected chi connectivity index (χ4v) is 3.04. The smallest absolute Gasteiger partial charge is 0.326 e. The van der Waals surface area contributed by atoms with Crippen LogP contribution in [0.3, 0.4) is 0 Å². The van der Waals surface area contributed by atoms with E-state index in [1.807, 2.05) is 20.9 Å². The summed E-state index contributed by atoms with van der Waals surface area (Å²) >= 11 is 0. The van der Waals surface area contributed by atoms with Gasteiger partial charge in [-0.1, -0.05) is 6.92 Å². The summed E-state index contributed by atoms with van der Waals surface area (Å²) in [5, 5.41) is 3.15. The number of carbonyl (C=O) groups is 1. The second kappa shape index (κ2) is 8.71. The summed E-state index contributed by atoms with van der Waals surface area (Å²) in [5.74, 6) is -0.149. The molecule has 1 aliphatic rings. The normalized spacial score (nSPS) is 21.8. The molecule has 1 heterocycles. The van der Waals surface area contributed by atoms with E-state index >= 15 is 0 Å². The number of esters is 1. The molecule has 124 valence electrons. The SMILES string of the molecule is CCCN1CCN(C(C)CC(C)(NC)C(=O)OCC)CC1. The van der Waals surface area contributed by atoms with Crippen molar-refractivity contribution >= 4 is 5.97 Å². The van der Waals surface area contributed by atoms with E-state index in [4.69, 9.17) is 4.74 Å². The van der Waals surface area contributed by atoms with Crippen LogP contribution in [0.2, 0.25) is 0 Å². The highest BCUT2D eigenvalue weighted by Crippen LogP contribution is 2.19. The molecule has 0 amide bonds. The average molecular weight is 299 g/mol. The number of piperazine rings is 1. The fourth-order valence-electron chi connectivity index (χ4n) is 3.04. The molecule has 1 aliphatic heterocycles. The van der Waals surface area contributed by atoms with Crippen LogP contribution in [0.4, 0.5) is 0 Å². The van der Waals surface area contributed by atoms with Crippen LogP contribution in [0, 0.1) is 0 Å². The maximum absolute atomic E-state index is 12.1. The minimum absolute atomic E-state index is 0.149. The van der Waals surface area contributed by atoms with Gasteiger partial charge in [0.25, 0.3) is 0 Å². The van der Waals surface area contributed by atoms with Gasteiger partial charge in [0, 0.05) is 32.2 Å². The van der Waals surface area contributed by atoms with Crippen molar-refractivity contribution in [3.8, 4) is 0 Å².